The standard InChI is InChI=1S/C19H20N2O3S/c1-14-3-8-18-20-15(11-19(22)21(18)12-14)13-25-10-9-24-17-6-4-16(23-2)5-7-17/h3-8,11-12H,9-10,13H2,1-2H3. The Morgan fingerprint density at radius 2 is 1.88 bits per heavy atom. The normalized spacial score (nSPS) is 10.8. The number of aryl methyl sites for hydroxylation is 1. The molecule has 0 amide bonds. The first kappa shape index (κ1) is 17.4. The Hall–Kier alpha value is -2.47. The van der Waals surface area contributed by atoms with Gasteiger partial charge in [-0.1, -0.05) is 6.07 Å². The van der Waals surface area contributed by atoms with Crippen molar-refractivity contribution in [2.75, 3.05) is 19.5 Å². The first-order chi connectivity index (χ1) is 12.2. The molecule has 5 nitrogen and oxygen atoms in total. The van der Waals surface area contributed by atoms with E-state index in [1.807, 2.05) is 49.5 Å². The minimum atomic E-state index is -0.0428. The maximum atomic E-state index is 12.2. The highest BCUT2D eigenvalue weighted by molar-refractivity contribution is 7.98. The van der Waals surface area contributed by atoms with Gasteiger partial charge in [-0.25, -0.2) is 4.98 Å². The molecule has 0 saturated heterocycles. The number of benzene rings is 1. The summed E-state index contributed by atoms with van der Waals surface area (Å²) in [6, 6.07) is 12.9. The minimum absolute atomic E-state index is 0.0428. The van der Waals surface area contributed by atoms with Crippen LogP contribution in [0.4, 0.5) is 0 Å². The number of ether oxygens (including phenoxy) is 2. The molecule has 0 spiro atoms. The monoisotopic (exact) mass is 356 g/mol. The van der Waals surface area contributed by atoms with Gasteiger partial charge >= 0.3 is 0 Å². The molecule has 6 heteroatoms. The third-order valence-corrected chi connectivity index (χ3v) is 4.62. The van der Waals surface area contributed by atoms with Crippen LogP contribution < -0.4 is 15.0 Å². The largest absolute Gasteiger partial charge is 0.497 e. The van der Waals surface area contributed by atoms with Crippen LogP contribution in [-0.2, 0) is 5.75 Å². The highest BCUT2D eigenvalue weighted by Crippen LogP contribution is 2.17. The van der Waals surface area contributed by atoms with Gasteiger partial charge in [0.25, 0.3) is 5.56 Å². The average molecular weight is 356 g/mol. The van der Waals surface area contributed by atoms with Crippen molar-refractivity contribution in [3.8, 4) is 11.5 Å². The van der Waals surface area contributed by atoms with E-state index >= 15 is 0 Å². The minimum Gasteiger partial charge on any atom is -0.497 e. The highest BCUT2D eigenvalue weighted by Gasteiger charge is 2.03. The molecular formula is C19H20N2O3S. The lowest BCUT2D eigenvalue weighted by atomic mass is 10.3. The zero-order chi connectivity index (χ0) is 17.6. The number of nitrogens with zero attached hydrogens (tertiary/aromatic N) is 2. The highest BCUT2D eigenvalue weighted by atomic mass is 32.2. The second-order valence-corrected chi connectivity index (χ2v) is 6.70. The van der Waals surface area contributed by atoms with Crippen molar-refractivity contribution in [2.24, 2.45) is 0 Å². The van der Waals surface area contributed by atoms with Crippen molar-refractivity contribution in [2.45, 2.75) is 12.7 Å². The lowest BCUT2D eigenvalue weighted by Crippen LogP contribution is -2.15. The van der Waals surface area contributed by atoms with E-state index in [-0.39, 0.29) is 5.56 Å². The Morgan fingerprint density at radius 1 is 1.12 bits per heavy atom. The van der Waals surface area contributed by atoms with E-state index in [0.717, 1.165) is 28.5 Å². The van der Waals surface area contributed by atoms with E-state index in [1.54, 1.807) is 29.3 Å². The van der Waals surface area contributed by atoms with E-state index in [2.05, 4.69) is 4.98 Å². The Bertz CT molecular complexity index is 907. The fourth-order valence-electron chi connectivity index (χ4n) is 2.40. The van der Waals surface area contributed by atoms with Gasteiger partial charge in [0.15, 0.2) is 0 Å². The summed E-state index contributed by atoms with van der Waals surface area (Å²) in [6.45, 7) is 2.56. The van der Waals surface area contributed by atoms with Crippen molar-refractivity contribution in [1.29, 1.82) is 0 Å². The van der Waals surface area contributed by atoms with Crippen LogP contribution in [0, 0.1) is 6.92 Å². The van der Waals surface area contributed by atoms with E-state index in [9.17, 15) is 4.79 Å². The van der Waals surface area contributed by atoms with Crippen molar-refractivity contribution in [3.63, 3.8) is 0 Å². The number of rotatable bonds is 7. The smallest absolute Gasteiger partial charge is 0.258 e. The molecule has 0 aliphatic rings. The van der Waals surface area contributed by atoms with Crippen LogP contribution in [0.25, 0.3) is 5.65 Å². The summed E-state index contributed by atoms with van der Waals surface area (Å²) in [4.78, 5) is 16.7. The van der Waals surface area contributed by atoms with Gasteiger partial charge in [-0.05, 0) is 42.8 Å². The SMILES string of the molecule is COc1ccc(OCCSCc2cc(=O)n3cc(C)ccc3n2)cc1. The summed E-state index contributed by atoms with van der Waals surface area (Å²) in [5.74, 6) is 3.14. The fourth-order valence-corrected chi connectivity index (χ4v) is 3.10. The summed E-state index contributed by atoms with van der Waals surface area (Å²) >= 11 is 1.69. The van der Waals surface area contributed by atoms with Crippen LogP contribution in [0.2, 0.25) is 0 Å². The van der Waals surface area contributed by atoms with Crippen LogP contribution in [-0.4, -0.2) is 28.9 Å². The molecule has 0 aliphatic carbocycles. The summed E-state index contributed by atoms with van der Waals surface area (Å²) in [5, 5.41) is 0. The van der Waals surface area contributed by atoms with E-state index < -0.39 is 0 Å². The van der Waals surface area contributed by atoms with Gasteiger partial charge in [0, 0.05) is 23.8 Å². The number of methoxy groups -OCH3 is 1. The van der Waals surface area contributed by atoms with Crippen molar-refractivity contribution in [3.05, 3.63) is 70.3 Å². The topological polar surface area (TPSA) is 52.8 Å². The Kier molecular flexibility index (Phi) is 5.60. The molecule has 0 aliphatic heterocycles. The fraction of sp³-hybridized carbons (Fsp3) is 0.263. The third kappa shape index (κ3) is 4.54. The molecule has 2 heterocycles. The molecule has 0 N–H and O–H groups in total. The molecule has 0 atom stereocenters. The van der Waals surface area contributed by atoms with Crippen LogP contribution in [0.15, 0.2) is 53.5 Å². The number of aromatic nitrogens is 2. The lowest BCUT2D eigenvalue weighted by molar-refractivity contribution is 0.342. The molecule has 25 heavy (non-hydrogen) atoms. The Balaban J connectivity index is 1.51. The number of fused-ring (bicyclic) bond motifs is 1. The van der Waals surface area contributed by atoms with Crippen molar-refractivity contribution in [1.82, 2.24) is 9.38 Å². The average Bonchev–Trinajstić information content (AvgIpc) is 2.62. The van der Waals surface area contributed by atoms with Gasteiger partial charge in [0.05, 0.1) is 19.4 Å². The molecule has 3 rings (SSSR count). The quantitative estimate of drug-likeness (QED) is 0.608. The van der Waals surface area contributed by atoms with Gasteiger partial charge in [-0.2, -0.15) is 11.8 Å². The first-order valence-electron chi connectivity index (χ1n) is 7.99. The molecule has 1 aromatic carbocycles. The predicted molar refractivity (Wildman–Crippen MR) is 101 cm³/mol. The second kappa shape index (κ2) is 8.07. The zero-order valence-corrected chi connectivity index (χ0v) is 15.1. The van der Waals surface area contributed by atoms with Crippen molar-refractivity contribution < 1.29 is 9.47 Å². The molecule has 0 saturated carbocycles. The van der Waals surface area contributed by atoms with Crippen LogP contribution >= 0.6 is 11.8 Å². The van der Waals surface area contributed by atoms with Gasteiger partial charge in [-0.3, -0.25) is 9.20 Å². The van der Waals surface area contributed by atoms with Crippen LogP contribution in [0.1, 0.15) is 11.3 Å². The van der Waals surface area contributed by atoms with Crippen molar-refractivity contribution >= 4 is 17.4 Å². The van der Waals surface area contributed by atoms with Gasteiger partial charge in [0.2, 0.25) is 0 Å². The third-order valence-electron chi connectivity index (χ3n) is 3.67. The maximum absolute atomic E-state index is 12.2. The Morgan fingerprint density at radius 3 is 2.64 bits per heavy atom. The second-order valence-electron chi connectivity index (χ2n) is 5.60. The summed E-state index contributed by atoms with van der Waals surface area (Å²) in [6.07, 6.45) is 1.81. The van der Waals surface area contributed by atoms with Gasteiger partial charge in [-0.15, -0.1) is 0 Å². The lowest BCUT2D eigenvalue weighted by Gasteiger charge is -2.07. The molecule has 3 aromatic rings. The predicted octanol–water partition coefficient (Wildman–Crippen LogP) is 3.32. The maximum Gasteiger partial charge on any atom is 0.258 e. The van der Waals surface area contributed by atoms with Crippen LogP contribution in [0.5, 0.6) is 11.5 Å². The summed E-state index contributed by atoms with van der Waals surface area (Å²) in [7, 11) is 1.64. The zero-order valence-electron chi connectivity index (χ0n) is 14.3. The molecule has 0 unspecified atom stereocenters. The number of hydrogen-bond donors (Lipinski definition) is 0. The van der Waals surface area contributed by atoms with E-state index in [1.165, 1.54) is 0 Å². The van der Waals surface area contributed by atoms with Gasteiger partial charge < -0.3 is 9.47 Å². The van der Waals surface area contributed by atoms with E-state index in [0.29, 0.717) is 18.0 Å². The molecule has 0 bridgehead atoms. The molecular weight excluding hydrogens is 336 g/mol. The number of thioether (sulfide) groups is 1. The molecule has 0 fully saturated rings. The number of hydrogen-bond acceptors (Lipinski definition) is 5. The summed E-state index contributed by atoms with van der Waals surface area (Å²) in [5.41, 5.74) is 2.47. The molecule has 130 valence electrons. The van der Waals surface area contributed by atoms with E-state index in [4.69, 9.17) is 9.47 Å². The first-order valence-corrected chi connectivity index (χ1v) is 9.15. The molecule has 0 radical (unpaired) electrons. The molecule has 2 aromatic heterocycles. The van der Waals surface area contributed by atoms with Gasteiger partial charge in [0.1, 0.15) is 17.1 Å². The Labute approximate surface area is 150 Å². The van der Waals surface area contributed by atoms with Crippen LogP contribution in [0.3, 0.4) is 0 Å². The summed E-state index contributed by atoms with van der Waals surface area (Å²) < 4.78 is 12.4. The number of pyridine rings is 1.